The van der Waals surface area contributed by atoms with Crippen molar-refractivity contribution in [1.82, 2.24) is 0 Å². The molecule has 6 heteroatoms. The van der Waals surface area contributed by atoms with Crippen LogP contribution < -0.4 is 33.7 Å². The summed E-state index contributed by atoms with van der Waals surface area (Å²) in [6.07, 6.45) is 7.83. The summed E-state index contributed by atoms with van der Waals surface area (Å²) in [5, 5.41) is 0. The average molecular weight is 324 g/mol. The van der Waals surface area contributed by atoms with Gasteiger partial charge in [0.2, 0.25) is 0 Å². The van der Waals surface area contributed by atoms with E-state index in [2.05, 4.69) is 6.92 Å². The molecule has 0 spiro atoms. The van der Waals surface area contributed by atoms with Crippen LogP contribution in [0.5, 0.6) is 5.75 Å². The Hall–Kier alpha value is -0.0700. The molecular formula is C15H25NaO4S. The summed E-state index contributed by atoms with van der Waals surface area (Å²) >= 11 is 0. The molecule has 0 aliphatic rings. The topological polar surface area (TPSA) is 52.6 Å². The van der Waals surface area contributed by atoms with Gasteiger partial charge in [0.25, 0.3) is 0 Å². The summed E-state index contributed by atoms with van der Waals surface area (Å²) in [4.78, 5) is 0. The summed E-state index contributed by atoms with van der Waals surface area (Å²) in [6.45, 7) is 2.37. The summed E-state index contributed by atoms with van der Waals surface area (Å²) < 4.78 is 32.7. The van der Waals surface area contributed by atoms with Crippen molar-refractivity contribution in [1.29, 1.82) is 0 Å². The van der Waals surface area contributed by atoms with Gasteiger partial charge in [-0.3, -0.25) is 0 Å². The van der Waals surface area contributed by atoms with Gasteiger partial charge >= 0.3 is 40.0 Å². The minimum Gasteiger partial charge on any atom is -1.00 e. The molecule has 0 bridgehead atoms. The molecule has 0 fully saturated rings. The molecule has 0 aromatic heterocycles. The van der Waals surface area contributed by atoms with Crippen molar-refractivity contribution in [3.8, 4) is 5.75 Å². The van der Waals surface area contributed by atoms with Gasteiger partial charge in [0.1, 0.15) is 5.75 Å². The summed E-state index contributed by atoms with van der Waals surface area (Å²) in [7, 11) is -3.94. The molecule has 21 heavy (non-hydrogen) atoms. The van der Waals surface area contributed by atoms with Crippen LogP contribution in [0.25, 0.3) is 0 Å². The van der Waals surface area contributed by atoms with Crippen molar-refractivity contribution in [3.05, 3.63) is 30.3 Å². The Kier molecular flexibility index (Phi) is 12.4. The number of unbranched alkanes of at least 4 members (excludes halogenated alkanes) is 6. The molecule has 0 aliphatic carbocycles. The average Bonchev–Trinajstić information content (AvgIpc) is 2.42. The number of benzene rings is 1. The molecule has 1 aromatic rings. The molecule has 0 radical (unpaired) electrons. The molecule has 0 amide bonds. The third-order valence-corrected chi connectivity index (χ3v) is 3.77. The molecule has 0 saturated carbocycles. The maximum absolute atomic E-state index is 11.5. The second kappa shape index (κ2) is 12.5. The number of rotatable bonds is 11. The molecule has 0 aliphatic heterocycles. The van der Waals surface area contributed by atoms with Crippen LogP contribution in [-0.2, 0) is 14.6 Å². The first kappa shape index (κ1) is 20.9. The van der Waals surface area contributed by atoms with Gasteiger partial charge in [-0.1, -0.05) is 63.6 Å². The first-order valence-electron chi connectivity index (χ1n) is 7.28. The fourth-order valence-corrected chi connectivity index (χ4v) is 2.56. The van der Waals surface area contributed by atoms with Crippen LogP contribution >= 0.6 is 0 Å². The van der Waals surface area contributed by atoms with Gasteiger partial charge < -0.3 is 5.61 Å². The second-order valence-electron chi connectivity index (χ2n) is 4.75. The predicted octanol–water partition coefficient (Wildman–Crippen LogP) is 1.19. The van der Waals surface area contributed by atoms with Gasteiger partial charge in [0.15, 0.2) is 0 Å². The summed E-state index contributed by atoms with van der Waals surface area (Å²) in [5.41, 5.74) is 0. The molecule has 116 valence electrons. The minimum absolute atomic E-state index is 0. The summed E-state index contributed by atoms with van der Waals surface area (Å²) in [5.74, 6) is 0.270. The third-order valence-electron chi connectivity index (χ3n) is 2.92. The molecule has 0 N–H and O–H groups in total. The molecule has 1 aromatic carbocycles. The zero-order valence-electron chi connectivity index (χ0n) is 14.1. The zero-order valence-corrected chi connectivity index (χ0v) is 15.9. The zero-order chi connectivity index (χ0) is 14.7. The first-order chi connectivity index (χ1) is 9.64. The van der Waals surface area contributed by atoms with E-state index in [4.69, 9.17) is 8.37 Å². The van der Waals surface area contributed by atoms with E-state index in [0.29, 0.717) is 0 Å². The fraction of sp³-hybridized carbons (Fsp3) is 0.600. The van der Waals surface area contributed by atoms with Crippen LogP contribution in [-0.4, -0.2) is 15.0 Å². The van der Waals surface area contributed by atoms with E-state index in [1.165, 1.54) is 25.7 Å². The molecular weight excluding hydrogens is 299 g/mol. The molecule has 0 saturated heterocycles. The van der Waals surface area contributed by atoms with E-state index in [-0.39, 0.29) is 43.3 Å². The Morgan fingerprint density at radius 2 is 1.52 bits per heavy atom. The van der Waals surface area contributed by atoms with Crippen molar-refractivity contribution in [2.24, 2.45) is 0 Å². The largest absolute Gasteiger partial charge is 1.00 e. The van der Waals surface area contributed by atoms with Crippen LogP contribution in [0, 0.1) is 0 Å². The Balaban J connectivity index is 0. The second-order valence-corrected chi connectivity index (χ2v) is 5.97. The van der Waals surface area contributed by atoms with Crippen LogP contribution in [0.4, 0.5) is 0 Å². The van der Waals surface area contributed by atoms with E-state index in [1.54, 1.807) is 30.3 Å². The Bertz CT molecular complexity index is 454. The predicted molar refractivity (Wildman–Crippen MR) is 81.0 cm³/mol. The standard InChI is InChI=1S/C15H24O4S.Na.H/c1-2-3-4-5-6-7-11-14-18-20(16,17)19-15-12-9-8-10-13-15;;/h8-10,12-13H,2-7,11,14H2,1H3;;/q;+1;-1. The monoisotopic (exact) mass is 324 g/mol. The summed E-state index contributed by atoms with van der Waals surface area (Å²) in [6, 6.07) is 8.37. The molecule has 0 atom stereocenters. The first-order valence-corrected chi connectivity index (χ1v) is 8.61. The van der Waals surface area contributed by atoms with E-state index >= 15 is 0 Å². The van der Waals surface area contributed by atoms with Crippen LogP contribution in [0.1, 0.15) is 53.3 Å². The van der Waals surface area contributed by atoms with Gasteiger partial charge in [-0.05, 0) is 18.6 Å². The van der Waals surface area contributed by atoms with Gasteiger partial charge in [-0.25, -0.2) is 4.18 Å². The van der Waals surface area contributed by atoms with Crippen LogP contribution in [0.2, 0.25) is 0 Å². The maximum Gasteiger partial charge on any atom is 1.00 e. The van der Waals surface area contributed by atoms with Crippen molar-refractivity contribution < 1.29 is 47.8 Å². The minimum atomic E-state index is -3.94. The Labute approximate surface area is 152 Å². The maximum atomic E-state index is 11.5. The van der Waals surface area contributed by atoms with Crippen molar-refractivity contribution >= 4 is 10.4 Å². The van der Waals surface area contributed by atoms with Crippen molar-refractivity contribution in [2.75, 3.05) is 6.61 Å². The fourth-order valence-electron chi connectivity index (χ4n) is 1.84. The number of para-hydroxylation sites is 1. The quantitative estimate of drug-likeness (QED) is 0.453. The normalized spacial score (nSPS) is 10.9. The van der Waals surface area contributed by atoms with E-state index < -0.39 is 10.4 Å². The van der Waals surface area contributed by atoms with Crippen molar-refractivity contribution in [3.63, 3.8) is 0 Å². The molecule has 4 nitrogen and oxygen atoms in total. The van der Waals surface area contributed by atoms with Crippen LogP contribution in [0.15, 0.2) is 30.3 Å². The smallest absolute Gasteiger partial charge is 1.00 e. The van der Waals surface area contributed by atoms with E-state index in [1.807, 2.05) is 0 Å². The van der Waals surface area contributed by atoms with Gasteiger partial charge in [-0.2, -0.15) is 8.42 Å². The molecule has 0 heterocycles. The van der Waals surface area contributed by atoms with Gasteiger partial charge in [0, 0.05) is 0 Å². The number of hydrogen-bond donors (Lipinski definition) is 0. The van der Waals surface area contributed by atoms with Gasteiger partial charge in [-0.15, -0.1) is 0 Å². The third kappa shape index (κ3) is 11.2. The Morgan fingerprint density at radius 3 is 2.14 bits per heavy atom. The Morgan fingerprint density at radius 1 is 0.952 bits per heavy atom. The van der Waals surface area contributed by atoms with Crippen molar-refractivity contribution in [2.45, 2.75) is 51.9 Å². The van der Waals surface area contributed by atoms with E-state index in [0.717, 1.165) is 19.3 Å². The van der Waals surface area contributed by atoms with Gasteiger partial charge in [0.05, 0.1) is 6.61 Å². The van der Waals surface area contributed by atoms with Crippen LogP contribution in [0.3, 0.4) is 0 Å². The molecule has 0 unspecified atom stereocenters. The number of hydrogen-bond acceptors (Lipinski definition) is 4. The molecule has 1 rings (SSSR count). The van der Waals surface area contributed by atoms with E-state index in [9.17, 15) is 8.42 Å². The SMILES string of the molecule is CCCCCCCCCOS(=O)(=O)Oc1ccccc1.[H-].[Na+].